The molecule has 3 unspecified atom stereocenters. The Morgan fingerprint density at radius 1 is 1.42 bits per heavy atom. The Morgan fingerprint density at radius 2 is 2.26 bits per heavy atom. The average molecular weight is 259 g/mol. The molecule has 0 radical (unpaired) electrons. The maximum Gasteiger partial charge on any atom is 0.128 e. The molecule has 19 heavy (non-hydrogen) atoms. The number of nitrogens with zero attached hydrogens (tertiary/aromatic N) is 2. The third-order valence-corrected chi connectivity index (χ3v) is 5.08. The number of pyridine rings is 1. The lowest BCUT2D eigenvalue weighted by Gasteiger charge is -2.28. The first-order valence-corrected chi connectivity index (χ1v) is 7.56. The minimum Gasteiger partial charge on any atom is -0.359 e. The first-order valence-electron chi connectivity index (χ1n) is 7.56. The SMILES string of the molecule is C[C@@H](N)c1ccnc(N(C)CC2CC3CCC2C3)c1. The number of fused-ring (bicyclic) bond motifs is 2. The van der Waals surface area contributed by atoms with Crippen molar-refractivity contribution in [3.05, 3.63) is 23.9 Å². The molecular formula is C16H25N3. The van der Waals surface area contributed by atoms with Crippen LogP contribution in [0.3, 0.4) is 0 Å². The first-order chi connectivity index (χ1) is 9.13. The van der Waals surface area contributed by atoms with E-state index in [0.29, 0.717) is 0 Å². The Kier molecular flexibility index (Phi) is 3.48. The van der Waals surface area contributed by atoms with E-state index < -0.39 is 0 Å². The third-order valence-electron chi connectivity index (χ3n) is 5.08. The minimum atomic E-state index is 0.0812. The van der Waals surface area contributed by atoms with Gasteiger partial charge in [0.15, 0.2) is 0 Å². The molecule has 0 spiro atoms. The molecule has 2 aliphatic rings. The zero-order chi connectivity index (χ0) is 13.4. The van der Waals surface area contributed by atoms with Gasteiger partial charge in [0.1, 0.15) is 5.82 Å². The van der Waals surface area contributed by atoms with Crippen molar-refractivity contribution in [2.24, 2.45) is 23.5 Å². The van der Waals surface area contributed by atoms with Gasteiger partial charge in [0.2, 0.25) is 0 Å². The van der Waals surface area contributed by atoms with Crippen molar-refractivity contribution in [2.45, 2.75) is 38.6 Å². The van der Waals surface area contributed by atoms with E-state index in [1.54, 1.807) is 0 Å². The van der Waals surface area contributed by atoms with E-state index in [2.05, 4.69) is 23.0 Å². The topological polar surface area (TPSA) is 42.1 Å². The van der Waals surface area contributed by atoms with Crippen molar-refractivity contribution in [2.75, 3.05) is 18.5 Å². The van der Waals surface area contributed by atoms with Crippen LogP contribution < -0.4 is 10.6 Å². The normalized spacial score (nSPS) is 30.6. The van der Waals surface area contributed by atoms with Crippen LogP contribution in [0, 0.1) is 17.8 Å². The molecular weight excluding hydrogens is 234 g/mol. The molecule has 3 heteroatoms. The van der Waals surface area contributed by atoms with Crippen molar-refractivity contribution in [1.82, 2.24) is 4.98 Å². The van der Waals surface area contributed by atoms with Crippen LogP contribution in [0.15, 0.2) is 18.3 Å². The largest absolute Gasteiger partial charge is 0.359 e. The molecule has 104 valence electrons. The van der Waals surface area contributed by atoms with E-state index in [-0.39, 0.29) is 6.04 Å². The summed E-state index contributed by atoms with van der Waals surface area (Å²) in [4.78, 5) is 6.81. The quantitative estimate of drug-likeness (QED) is 0.904. The molecule has 1 aromatic rings. The van der Waals surface area contributed by atoms with Crippen LogP contribution in [-0.4, -0.2) is 18.6 Å². The van der Waals surface area contributed by atoms with E-state index in [1.807, 2.05) is 19.2 Å². The zero-order valence-corrected chi connectivity index (χ0v) is 12.0. The molecule has 1 aromatic heterocycles. The first kappa shape index (κ1) is 12.9. The summed E-state index contributed by atoms with van der Waals surface area (Å²) in [5.74, 6) is 3.94. The van der Waals surface area contributed by atoms with E-state index in [4.69, 9.17) is 5.73 Å². The van der Waals surface area contributed by atoms with Crippen LogP contribution in [0.1, 0.15) is 44.2 Å². The molecule has 0 aliphatic heterocycles. The van der Waals surface area contributed by atoms with Crippen molar-refractivity contribution in [3.8, 4) is 0 Å². The van der Waals surface area contributed by atoms with Gasteiger partial charge < -0.3 is 10.6 Å². The maximum absolute atomic E-state index is 5.95. The molecule has 3 rings (SSSR count). The Balaban J connectivity index is 1.66. The van der Waals surface area contributed by atoms with E-state index >= 15 is 0 Å². The van der Waals surface area contributed by atoms with Crippen LogP contribution >= 0.6 is 0 Å². The highest BCUT2D eigenvalue weighted by atomic mass is 15.2. The molecule has 2 aliphatic carbocycles. The summed E-state index contributed by atoms with van der Waals surface area (Å²) in [6.45, 7) is 3.17. The molecule has 4 atom stereocenters. The highest BCUT2D eigenvalue weighted by molar-refractivity contribution is 5.41. The molecule has 3 nitrogen and oxygen atoms in total. The highest BCUT2D eigenvalue weighted by Crippen LogP contribution is 2.48. The highest BCUT2D eigenvalue weighted by Gasteiger charge is 2.39. The number of nitrogens with two attached hydrogens (primary N) is 1. The van der Waals surface area contributed by atoms with Crippen LogP contribution in [0.2, 0.25) is 0 Å². The van der Waals surface area contributed by atoms with Crippen LogP contribution in [0.25, 0.3) is 0 Å². The van der Waals surface area contributed by atoms with E-state index in [1.165, 1.54) is 31.2 Å². The lowest BCUT2D eigenvalue weighted by Crippen LogP contribution is -2.29. The Bertz CT molecular complexity index is 443. The molecule has 0 saturated heterocycles. The van der Waals surface area contributed by atoms with E-state index in [0.717, 1.165) is 30.1 Å². The van der Waals surface area contributed by atoms with E-state index in [9.17, 15) is 0 Å². The van der Waals surface area contributed by atoms with Crippen molar-refractivity contribution in [3.63, 3.8) is 0 Å². The molecule has 0 aromatic carbocycles. The summed E-state index contributed by atoms with van der Waals surface area (Å²) >= 11 is 0. The van der Waals surface area contributed by atoms with Gasteiger partial charge in [-0.05, 0) is 61.6 Å². The van der Waals surface area contributed by atoms with Crippen molar-refractivity contribution < 1.29 is 0 Å². The molecule has 2 N–H and O–H groups in total. The summed E-state index contributed by atoms with van der Waals surface area (Å²) in [6.07, 6.45) is 7.72. The Labute approximate surface area is 116 Å². The molecule has 2 saturated carbocycles. The van der Waals surface area contributed by atoms with Gasteiger partial charge in [-0.1, -0.05) is 6.42 Å². The fourth-order valence-electron chi connectivity index (χ4n) is 3.97. The van der Waals surface area contributed by atoms with Gasteiger partial charge in [-0.2, -0.15) is 0 Å². The van der Waals surface area contributed by atoms with Gasteiger partial charge in [0.25, 0.3) is 0 Å². The second kappa shape index (κ2) is 5.12. The van der Waals surface area contributed by atoms with Gasteiger partial charge in [0.05, 0.1) is 0 Å². The lowest BCUT2D eigenvalue weighted by molar-refractivity contribution is 0.337. The molecule has 1 heterocycles. The minimum absolute atomic E-state index is 0.0812. The standard InChI is InChI=1S/C16H25N3/c1-11(17)13-5-6-18-16(9-13)19(2)10-15-8-12-3-4-14(15)7-12/h5-6,9,11-12,14-15H,3-4,7-8,10,17H2,1-2H3/t11-,12?,14?,15?/m1/s1. The summed E-state index contributed by atoms with van der Waals surface area (Å²) in [7, 11) is 2.17. The fourth-order valence-corrected chi connectivity index (χ4v) is 3.97. The molecule has 2 fully saturated rings. The smallest absolute Gasteiger partial charge is 0.128 e. The summed E-state index contributed by atoms with van der Waals surface area (Å²) < 4.78 is 0. The zero-order valence-electron chi connectivity index (χ0n) is 12.0. The molecule has 2 bridgehead atoms. The number of rotatable bonds is 4. The summed E-state index contributed by atoms with van der Waals surface area (Å²) in [5.41, 5.74) is 7.12. The van der Waals surface area contributed by atoms with Gasteiger partial charge in [-0.3, -0.25) is 0 Å². The lowest BCUT2D eigenvalue weighted by atomic mass is 9.88. The average Bonchev–Trinajstić information content (AvgIpc) is 3.01. The fraction of sp³-hybridized carbons (Fsp3) is 0.688. The van der Waals surface area contributed by atoms with Gasteiger partial charge in [-0.15, -0.1) is 0 Å². The predicted molar refractivity (Wildman–Crippen MR) is 79.0 cm³/mol. The Morgan fingerprint density at radius 3 is 2.89 bits per heavy atom. The number of hydrogen-bond donors (Lipinski definition) is 1. The van der Waals surface area contributed by atoms with Crippen LogP contribution in [0.4, 0.5) is 5.82 Å². The monoisotopic (exact) mass is 259 g/mol. The third kappa shape index (κ3) is 2.62. The van der Waals surface area contributed by atoms with Crippen LogP contribution in [-0.2, 0) is 0 Å². The van der Waals surface area contributed by atoms with Crippen LogP contribution in [0.5, 0.6) is 0 Å². The second-order valence-corrected chi connectivity index (χ2v) is 6.55. The predicted octanol–water partition coefficient (Wildman–Crippen LogP) is 2.97. The van der Waals surface area contributed by atoms with Crippen molar-refractivity contribution in [1.29, 1.82) is 0 Å². The van der Waals surface area contributed by atoms with Gasteiger partial charge in [-0.25, -0.2) is 4.98 Å². The Hall–Kier alpha value is -1.09. The second-order valence-electron chi connectivity index (χ2n) is 6.55. The number of hydrogen-bond acceptors (Lipinski definition) is 3. The van der Waals surface area contributed by atoms with Gasteiger partial charge in [0, 0.05) is 25.8 Å². The maximum atomic E-state index is 5.95. The van der Waals surface area contributed by atoms with Gasteiger partial charge >= 0.3 is 0 Å². The number of anilines is 1. The molecule has 0 amide bonds. The number of aromatic nitrogens is 1. The van der Waals surface area contributed by atoms with Crippen molar-refractivity contribution >= 4 is 5.82 Å². The summed E-state index contributed by atoms with van der Waals surface area (Å²) in [6, 6.07) is 4.23. The summed E-state index contributed by atoms with van der Waals surface area (Å²) in [5, 5.41) is 0.